The molecule has 0 N–H and O–H groups in total. The van der Waals surface area contributed by atoms with E-state index < -0.39 is 0 Å². The molecule has 1 heterocycles. The Bertz CT molecular complexity index is 2170. The Labute approximate surface area is 268 Å². The van der Waals surface area contributed by atoms with E-state index in [1.165, 1.54) is 75.8 Å². The lowest BCUT2D eigenvalue weighted by Crippen LogP contribution is -1.90. The second kappa shape index (κ2) is 11.9. The van der Waals surface area contributed by atoms with Gasteiger partial charge in [-0.05, 0) is 67.8 Å². The van der Waals surface area contributed by atoms with Crippen LogP contribution in [-0.4, -0.2) is 0 Å². The van der Waals surface area contributed by atoms with Gasteiger partial charge in [0, 0.05) is 20.2 Å². The Balaban J connectivity index is 1.18. The minimum absolute atomic E-state index is 1.18. The molecule has 212 valence electrons. The zero-order chi connectivity index (χ0) is 30.0. The second-order valence-corrected chi connectivity index (χ2v) is 12.4. The largest absolute Gasteiger partial charge is 0.135 e. The number of hydrogen-bond donors (Lipinski definition) is 0. The van der Waals surface area contributed by atoms with Gasteiger partial charge in [0.1, 0.15) is 0 Å². The standard InChI is InChI=1S/C44H30S/c1-3-10-32(11-4-1)34-22-26-37(27-23-34)42(38-28-24-35(25-29-38)33-12-5-2-6-13-33)30-31-18-20-36(21-19-31)39-15-9-16-41-40-14-7-8-17-43(40)45-44(39)41/h1-30H. The summed E-state index contributed by atoms with van der Waals surface area (Å²) < 4.78 is 2.68. The molecule has 0 fully saturated rings. The van der Waals surface area contributed by atoms with Crippen LogP contribution in [0.1, 0.15) is 16.7 Å². The summed E-state index contributed by atoms with van der Waals surface area (Å²) in [5.74, 6) is 0. The van der Waals surface area contributed by atoms with Crippen LogP contribution in [-0.2, 0) is 0 Å². The first-order valence-corrected chi connectivity index (χ1v) is 16.2. The SMILES string of the molecule is C(=C(c1ccc(-c2ccccc2)cc1)c1ccc(-c2ccccc2)cc1)c1ccc(-c2cccc3c2sc2ccccc23)cc1. The van der Waals surface area contributed by atoms with Crippen molar-refractivity contribution in [3.05, 3.63) is 193 Å². The van der Waals surface area contributed by atoms with Gasteiger partial charge in [0.05, 0.1) is 0 Å². The van der Waals surface area contributed by atoms with E-state index in [9.17, 15) is 0 Å². The molecule has 0 nitrogen and oxygen atoms in total. The molecule has 8 aromatic rings. The summed E-state index contributed by atoms with van der Waals surface area (Å²) in [5.41, 5.74) is 12.2. The minimum Gasteiger partial charge on any atom is -0.135 e. The van der Waals surface area contributed by atoms with E-state index in [1.54, 1.807) is 0 Å². The zero-order valence-corrected chi connectivity index (χ0v) is 25.5. The van der Waals surface area contributed by atoms with Crippen molar-refractivity contribution >= 4 is 43.2 Å². The molecule has 0 amide bonds. The van der Waals surface area contributed by atoms with Crippen molar-refractivity contribution in [1.82, 2.24) is 0 Å². The predicted molar refractivity (Wildman–Crippen MR) is 195 cm³/mol. The highest BCUT2D eigenvalue weighted by molar-refractivity contribution is 7.26. The Kier molecular flexibility index (Phi) is 7.15. The van der Waals surface area contributed by atoms with Crippen LogP contribution in [0.2, 0.25) is 0 Å². The Morgan fingerprint density at radius 1 is 0.378 bits per heavy atom. The molecule has 0 spiro atoms. The maximum absolute atomic E-state index is 2.32. The summed E-state index contributed by atoms with van der Waals surface area (Å²) in [6, 6.07) is 63.4. The molecule has 7 aromatic carbocycles. The summed E-state index contributed by atoms with van der Waals surface area (Å²) in [4.78, 5) is 0. The number of rotatable bonds is 6. The van der Waals surface area contributed by atoms with Gasteiger partial charge in [-0.1, -0.05) is 170 Å². The van der Waals surface area contributed by atoms with E-state index in [0.29, 0.717) is 0 Å². The fourth-order valence-corrected chi connectivity index (χ4v) is 7.42. The maximum Gasteiger partial charge on any atom is 0.0433 e. The van der Waals surface area contributed by atoms with Crippen molar-refractivity contribution < 1.29 is 0 Å². The maximum atomic E-state index is 2.32. The Morgan fingerprint density at radius 2 is 0.867 bits per heavy atom. The van der Waals surface area contributed by atoms with Crippen molar-refractivity contribution in [3.8, 4) is 33.4 Å². The van der Waals surface area contributed by atoms with Crippen LogP contribution in [0.15, 0.2) is 176 Å². The van der Waals surface area contributed by atoms with Crippen molar-refractivity contribution in [2.45, 2.75) is 0 Å². The van der Waals surface area contributed by atoms with Crippen molar-refractivity contribution in [3.63, 3.8) is 0 Å². The lowest BCUT2D eigenvalue weighted by atomic mass is 9.92. The van der Waals surface area contributed by atoms with Gasteiger partial charge in [-0.25, -0.2) is 0 Å². The minimum atomic E-state index is 1.18. The first kappa shape index (κ1) is 27.1. The molecule has 1 aromatic heterocycles. The first-order valence-electron chi connectivity index (χ1n) is 15.3. The van der Waals surface area contributed by atoms with Gasteiger partial charge in [-0.15, -0.1) is 11.3 Å². The van der Waals surface area contributed by atoms with Crippen LogP contribution in [0.4, 0.5) is 0 Å². The van der Waals surface area contributed by atoms with Crippen molar-refractivity contribution in [2.75, 3.05) is 0 Å². The van der Waals surface area contributed by atoms with Gasteiger partial charge in [-0.2, -0.15) is 0 Å². The number of benzene rings is 7. The van der Waals surface area contributed by atoms with Crippen molar-refractivity contribution in [2.24, 2.45) is 0 Å². The van der Waals surface area contributed by atoms with Crippen LogP contribution in [0.5, 0.6) is 0 Å². The van der Waals surface area contributed by atoms with Gasteiger partial charge in [0.15, 0.2) is 0 Å². The monoisotopic (exact) mass is 590 g/mol. The molecule has 45 heavy (non-hydrogen) atoms. The average Bonchev–Trinajstić information content (AvgIpc) is 3.51. The summed E-state index contributed by atoms with van der Waals surface area (Å²) in [5, 5.41) is 2.66. The van der Waals surface area contributed by atoms with Crippen molar-refractivity contribution in [1.29, 1.82) is 0 Å². The third-order valence-electron chi connectivity index (χ3n) is 8.54. The highest BCUT2D eigenvalue weighted by Gasteiger charge is 2.11. The molecule has 0 unspecified atom stereocenters. The lowest BCUT2D eigenvalue weighted by Gasteiger charge is -2.12. The average molecular weight is 591 g/mol. The molecule has 0 radical (unpaired) electrons. The molecular weight excluding hydrogens is 561 g/mol. The van der Waals surface area contributed by atoms with Gasteiger partial charge in [0.25, 0.3) is 0 Å². The smallest absolute Gasteiger partial charge is 0.0433 e. The molecule has 1 heteroatoms. The van der Waals surface area contributed by atoms with Crippen LogP contribution >= 0.6 is 11.3 Å². The van der Waals surface area contributed by atoms with E-state index in [0.717, 1.165) is 0 Å². The van der Waals surface area contributed by atoms with Gasteiger partial charge < -0.3 is 0 Å². The van der Waals surface area contributed by atoms with Gasteiger partial charge in [-0.3, -0.25) is 0 Å². The molecular formula is C44H30S. The number of fused-ring (bicyclic) bond motifs is 3. The van der Waals surface area contributed by atoms with E-state index >= 15 is 0 Å². The summed E-state index contributed by atoms with van der Waals surface area (Å²) >= 11 is 1.88. The number of thiophene rings is 1. The van der Waals surface area contributed by atoms with Crippen LogP contribution < -0.4 is 0 Å². The fourth-order valence-electron chi connectivity index (χ4n) is 6.18. The summed E-state index contributed by atoms with van der Waals surface area (Å²) in [6.07, 6.45) is 2.32. The van der Waals surface area contributed by atoms with Crippen LogP contribution in [0.3, 0.4) is 0 Å². The highest BCUT2D eigenvalue weighted by atomic mass is 32.1. The molecule has 0 atom stereocenters. The predicted octanol–water partition coefficient (Wildman–Crippen LogP) is 12.6. The molecule has 0 saturated carbocycles. The van der Waals surface area contributed by atoms with E-state index in [4.69, 9.17) is 0 Å². The van der Waals surface area contributed by atoms with Crippen LogP contribution in [0.25, 0.3) is 65.2 Å². The quantitative estimate of drug-likeness (QED) is 0.169. The van der Waals surface area contributed by atoms with E-state index in [2.05, 4.69) is 182 Å². The Morgan fingerprint density at radius 3 is 1.47 bits per heavy atom. The van der Waals surface area contributed by atoms with E-state index in [-0.39, 0.29) is 0 Å². The fraction of sp³-hybridized carbons (Fsp3) is 0. The summed E-state index contributed by atoms with van der Waals surface area (Å²) in [7, 11) is 0. The molecule has 0 bridgehead atoms. The molecule has 8 rings (SSSR count). The molecule has 0 aliphatic rings. The number of hydrogen-bond acceptors (Lipinski definition) is 1. The summed E-state index contributed by atoms with van der Waals surface area (Å²) in [6.45, 7) is 0. The third kappa shape index (κ3) is 5.40. The topological polar surface area (TPSA) is 0 Å². The highest BCUT2D eigenvalue weighted by Crippen LogP contribution is 2.40. The normalized spacial score (nSPS) is 11.1. The Hall–Kier alpha value is -5.50. The van der Waals surface area contributed by atoms with Gasteiger partial charge in [0.2, 0.25) is 0 Å². The van der Waals surface area contributed by atoms with E-state index in [1.807, 2.05) is 11.3 Å². The zero-order valence-electron chi connectivity index (χ0n) is 24.7. The molecule has 0 aliphatic heterocycles. The first-order chi connectivity index (χ1) is 22.3. The lowest BCUT2D eigenvalue weighted by molar-refractivity contribution is 1.53. The molecule has 0 aliphatic carbocycles. The third-order valence-corrected chi connectivity index (χ3v) is 9.76. The second-order valence-electron chi connectivity index (χ2n) is 11.3. The van der Waals surface area contributed by atoms with Gasteiger partial charge >= 0.3 is 0 Å². The van der Waals surface area contributed by atoms with Crippen LogP contribution in [0, 0.1) is 0 Å². The molecule has 0 saturated heterocycles.